The van der Waals surface area contributed by atoms with E-state index in [9.17, 15) is 4.79 Å². The van der Waals surface area contributed by atoms with Crippen LogP contribution in [0, 0.1) is 13.8 Å². The number of likely N-dealkylation sites (tertiary alicyclic amines) is 1. The smallest absolute Gasteiger partial charge is 0.263 e. The van der Waals surface area contributed by atoms with Crippen LogP contribution in [-0.2, 0) is 0 Å². The molecule has 26 heavy (non-hydrogen) atoms. The van der Waals surface area contributed by atoms with Gasteiger partial charge in [0, 0.05) is 16.5 Å². The van der Waals surface area contributed by atoms with E-state index in [2.05, 4.69) is 18.9 Å². The van der Waals surface area contributed by atoms with Crippen molar-refractivity contribution in [3.8, 4) is 11.4 Å². The molecule has 0 saturated carbocycles. The average Bonchev–Trinajstić information content (AvgIpc) is 2.91. The lowest BCUT2D eigenvalue weighted by Gasteiger charge is -2.31. The first-order valence-corrected chi connectivity index (χ1v) is 10.1. The fourth-order valence-corrected chi connectivity index (χ4v) is 4.97. The minimum atomic E-state index is 0.0707. The van der Waals surface area contributed by atoms with Gasteiger partial charge in [-0.2, -0.15) is 0 Å². The summed E-state index contributed by atoms with van der Waals surface area (Å²) in [5.74, 6) is 0.698. The summed E-state index contributed by atoms with van der Waals surface area (Å²) in [6.45, 7) is 6.04. The Morgan fingerprint density at radius 1 is 1.19 bits per heavy atom. The SMILES string of the molecule is Cc1sc2nc(-c3ccccc3Cl)n(C3CCN(C)CC3)c(=O)c2c1C. The zero-order valence-corrected chi connectivity index (χ0v) is 16.8. The predicted octanol–water partition coefficient (Wildman–Crippen LogP) is 4.66. The van der Waals surface area contributed by atoms with Crippen LogP contribution >= 0.6 is 22.9 Å². The van der Waals surface area contributed by atoms with Gasteiger partial charge in [-0.15, -0.1) is 11.3 Å². The molecule has 1 saturated heterocycles. The number of fused-ring (bicyclic) bond motifs is 1. The summed E-state index contributed by atoms with van der Waals surface area (Å²) in [5, 5.41) is 1.40. The fourth-order valence-electron chi connectivity index (χ4n) is 3.73. The second kappa shape index (κ2) is 6.80. The number of thiophene rings is 1. The number of aromatic nitrogens is 2. The molecule has 2 aromatic heterocycles. The zero-order chi connectivity index (χ0) is 18.4. The molecule has 1 aliphatic rings. The molecule has 0 bridgehead atoms. The van der Waals surface area contributed by atoms with Gasteiger partial charge in [0.05, 0.1) is 10.4 Å². The van der Waals surface area contributed by atoms with Gasteiger partial charge < -0.3 is 4.90 Å². The molecule has 4 nitrogen and oxygen atoms in total. The van der Waals surface area contributed by atoms with E-state index in [1.807, 2.05) is 35.8 Å². The van der Waals surface area contributed by atoms with Crippen molar-refractivity contribution < 1.29 is 0 Å². The lowest BCUT2D eigenvalue weighted by molar-refractivity contribution is 0.219. The van der Waals surface area contributed by atoms with E-state index in [0.29, 0.717) is 10.8 Å². The van der Waals surface area contributed by atoms with Crippen LogP contribution in [0.3, 0.4) is 0 Å². The number of hydrogen-bond acceptors (Lipinski definition) is 4. The molecule has 0 N–H and O–H groups in total. The average molecular weight is 388 g/mol. The van der Waals surface area contributed by atoms with Gasteiger partial charge in [-0.1, -0.05) is 23.7 Å². The van der Waals surface area contributed by atoms with Gasteiger partial charge in [0.2, 0.25) is 0 Å². The van der Waals surface area contributed by atoms with Gasteiger partial charge in [-0.25, -0.2) is 4.98 Å². The van der Waals surface area contributed by atoms with E-state index in [1.165, 1.54) is 0 Å². The van der Waals surface area contributed by atoms with Crippen LogP contribution in [0.4, 0.5) is 0 Å². The Hall–Kier alpha value is -1.69. The monoisotopic (exact) mass is 387 g/mol. The Morgan fingerprint density at radius 3 is 2.58 bits per heavy atom. The van der Waals surface area contributed by atoms with Gasteiger partial charge in [0.15, 0.2) is 0 Å². The molecule has 3 aromatic rings. The lowest BCUT2D eigenvalue weighted by atomic mass is 10.0. The van der Waals surface area contributed by atoms with Gasteiger partial charge in [-0.3, -0.25) is 9.36 Å². The molecule has 136 valence electrons. The highest BCUT2D eigenvalue weighted by molar-refractivity contribution is 7.18. The molecular weight excluding hydrogens is 366 g/mol. The van der Waals surface area contributed by atoms with Gasteiger partial charge in [-0.05, 0) is 64.5 Å². The summed E-state index contributed by atoms with van der Waals surface area (Å²) in [4.78, 5) is 22.7. The number of benzene rings is 1. The summed E-state index contributed by atoms with van der Waals surface area (Å²) in [5.41, 5.74) is 1.95. The fraction of sp³-hybridized carbons (Fsp3) is 0.400. The molecule has 0 aliphatic carbocycles. The van der Waals surface area contributed by atoms with Crippen molar-refractivity contribution in [1.82, 2.24) is 14.5 Å². The highest BCUT2D eigenvalue weighted by Gasteiger charge is 2.26. The van der Waals surface area contributed by atoms with Crippen molar-refractivity contribution in [2.45, 2.75) is 32.7 Å². The van der Waals surface area contributed by atoms with Crippen LogP contribution in [0.5, 0.6) is 0 Å². The highest BCUT2D eigenvalue weighted by Crippen LogP contribution is 2.34. The van der Waals surface area contributed by atoms with Crippen molar-refractivity contribution in [3.05, 3.63) is 50.1 Å². The summed E-state index contributed by atoms with van der Waals surface area (Å²) >= 11 is 8.06. The van der Waals surface area contributed by atoms with E-state index >= 15 is 0 Å². The maximum atomic E-state index is 13.5. The van der Waals surface area contributed by atoms with Crippen molar-refractivity contribution in [2.75, 3.05) is 20.1 Å². The van der Waals surface area contributed by atoms with Crippen molar-refractivity contribution in [3.63, 3.8) is 0 Å². The highest BCUT2D eigenvalue weighted by atomic mass is 35.5. The molecule has 1 aromatic carbocycles. The Kier molecular flexibility index (Phi) is 4.63. The third kappa shape index (κ3) is 2.88. The molecule has 0 unspecified atom stereocenters. The first-order valence-electron chi connectivity index (χ1n) is 8.93. The maximum Gasteiger partial charge on any atom is 0.263 e. The third-order valence-corrected chi connectivity index (χ3v) is 6.83. The van der Waals surface area contributed by atoms with Crippen molar-refractivity contribution in [1.29, 1.82) is 0 Å². The van der Waals surface area contributed by atoms with Gasteiger partial charge in [0.1, 0.15) is 10.7 Å². The summed E-state index contributed by atoms with van der Waals surface area (Å²) < 4.78 is 1.91. The summed E-state index contributed by atoms with van der Waals surface area (Å²) in [6, 6.07) is 7.82. The lowest BCUT2D eigenvalue weighted by Crippen LogP contribution is -2.36. The van der Waals surface area contributed by atoms with E-state index in [0.717, 1.165) is 52.2 Å². The normalized spacial score (nSPS) is 16.5. The summed E-state index contributed by atoms with van der Waals surface area (Å²) in [6.07, 6.45) is 1.90. The molecule has 1 fully saturated rings. The van der Waals surface area contributed by atoms with Crippen LogP contribution in [-0.4, -0.2) is 34.6 Å². The Morgan fingerprint density at radius 2 is 1.88 bits per heavy atom. The third-order valence-electron chi connectivity index (χ3n) is 5.40. The number of hydrogen-bond donors (Lipinski definition) is 0. The molecular formula is C20H22ClN3OS. The first-order chi connectivity index (χ1) is 12.5. The first kappa shape index (κ1) is 17.7. The van der Waals surface area contributed by atoms with Crippen LogP contribution in [0.15, 0.2) is 29.1 Å². The number of piperidine rings is 1. The molecule has 3 heterocycles. The van der Waals surface area contributed by atoms with E-state index in [4.69, 9.17) is 16.6 Å². The van der Waals surface area contributed by atoms with E-state index in [-0.39, 0.29) is 11.6 Å². The van der Waals surface area contributed by atoms with Gasteiger partial charge in [0.25, 0.3) is 5.56 Å². The Bertz CT molecular complexity index is 1030. The number of halogens is 1. The number of nitrogens with zero attached hydrogens (tertiary/aromatic N) is 3. The molecule has 0 radical (unpaired) electrons. The maximum absolute atomic E-state index is 13.5. The number of aryl methyl sites for hydroxylation is 2. The zero-order valence-electron chi connectivity index (χ0n) is 15.3. The molecule has 4 rings (SSSR count). The van der Waals surface area contributed by atoms with Crippen LogP contribution < -0.4 is 5.56 Å². The topological polar surface area (TPSA) is 38.1 Å². The van der Waals surface area contributed by atoms with E-state index in [1.54, 1.807) is 11.3 Å². The van der Waals surface area contributed by atoms with Crippen LogP contribution in [0.2, 0.25) is 5.02 Å². The second-order valence-corrected chi connectivity index (χ2v) is 8.70. The van der Waals surface area contributed by atoms with Crippen LogP contribution in [0.1, 0.15) is 29.3 Å². The molecule has 0 amide bonds. The summed E-state index contributed by atoms with van der Waals surface area (Å²) in [7, 11) is 2.13. The molecule has 1 aliphatic heterocycles. The van der Waals surface area contributed by atoms with Gasteiger partial charge >= 0.3 is 0 Å². The minimum absolute atomic E-state index is 0.0707. The largest absolute Gasteiger partial charge is 0.306 e. The second-order valence-electron chi connectivity index (χ2n) is 7.09. The molecule has 0 spiro atoms. The molecule has 6 heteroatoms. The van der Waals surface area contributed by atoms with E-state index < -0.39 is 0 Å². The number of rotatable bonds is 2. The quantitative estimate of drug-likeness (QED) is 0.641. The minimum Gasteiger partial charge on any atom is -0.306 e. The van der Waals surface area contributed by atoms with Crippen LogP contribution in [0.25, 0.3) is 21.6 Å². The molecule has 0 atom stereocenters. The predicted molar refractivity (Wildman–Crippen MR) is 110 cm³/mol. The van der Waals surface area contributed by atoms with Crippen molar-refractivity contribution >= 4 is 33.2 Å². The standard InChI is InChI=1S/C20H22ClN3OS/c1-12-13(2)26-19-17(12)20(25)24(14-8-10-23(3)11-9-14)18(22-19)15-6-4-5-7-16(15)21/h4-7,14H,8-11H2,1-3H3. The van der Waals surface area contributed by atoms with Crippen molar-refractivity contribution in [2.24, 2.45) is 0 Å². The Labute approximate surface area is 162 Å². The Balaban J connectivity index is 2.01.